The lowest BCUT2D eigenvalue weighted by atomic mass is 9.97. The minimum absolute atomic E-state index is 0.113. The highest BCUT2D eigenvalue weighted by Gasteiger charge is 2.22. The van der Waals surface area contributed by atoms with Crippen molar-refractivity contribution in [3.05, 3.63) is 0 Å². The number of unbranched alkanes of at least 4 members (excludes halogenated alkanes) is 56. The highest BCUT2D eigenvalue weighted by molar-refractivity contribution is 4.72. The molecule has 0 aliphatic carbocycles. The zero-order valence-electron chi connectivity index (χ0n) is 61.4. The quantitative estimate of drug-likeness (QED) is 0.0449. The number of rotatable bonds is 80. The predicted octanol–water partition coefficient (Wildman–Crippen LogP) is 25.3. The monoisotopic (exact) mass is 1260 g/mol. The average Bonchev–Trinajstić information content (AvgIpc) is 3.59. The van der Waals surface area contributed by atoms with Crippen molar-refractivity contribution in [3.8, 4) is 0 Å². The highest BCUT2D eigenvalue weighted by atomic mass is 16.5. The summed E-state index contributed by atoms with van der Waals surface area (Å²) in [6.07, 6.45) is 84.7. The van der Waals surface area contributed by atoms with Crippen molar-refractivity contribution in [2.24, 2.45) is 23.7 Å². The smallest absolute Gasteiger partial charge is 0.0612 e. The van der Waals surface area contributed by atoms with E-state index in [4.69, 9.17) is 14.2 Å². The fourth-order valence-corrected chi connectivity index (χ4v) is 13.6. The number of aliphatic hydroxyl groups excluding tert-OH is 4. The van der Waals surface area contributed by atoms with E-state index in [2.05, 4.69) is 27.7 Å². The van der Waals surface area contributed by atoms with E-state index in [1.54, 1.807) is 0 Å². The van der Waals surface area contributed by atoms with Crippen LogP contribution in [0.25, 0.3) is 0 Å². The van der Waals surface area contributed by atoms with Gasteiger partial charge in [-0.25, -0.2) is 0 Å². The molecule has 0 aromatic rings. The van der Waals surface area contributed by atoms with Crippen LogP contribution in [-0.2, 0) is 14.2 Å². The van der Waals surface area contributed by atoms with Gasteiger partial charge in [-0.3, -0.25) is 0 Å². The van der Waals surface area contributed by atoms with Crippen LogP contribution in [0.2, 0.25) is 0 Å². The molecule has 7 nitrogen and oxygen atoms in total. The Labute approximate surface area is 559 Å². The second-order valence-electron chi connectivity index (χ2n) is 29.6. The van der Waals surface area contributed by atoms with Crippen LogP contribution >= 0.6 is 0 Å². The molecule has 4 N–H and O–H groups in total. The number of aliphatic hydroxyl groups is 4. The van der Waals surface area contributed by atoms with E-state index < -0.39 is 12.2 Å². The molecule has 0 spiro atoms. The molecule has 0 rings (SSSR count). The van der Waals surface area contributed by atoms with Gasteiger partial charge in [0.05, 0.1) is 38.6 Å². The number of ether oxygens (including phenoxy) is 3. The molecule has 0 fully saturated rings. The van der Waals surface area contributed by atoms with Crippen molar-refractivity contribution < 1.29 is 34.6 Å². The molecule has 0 amide bonds. The molecule has 6 atom stereocenters. The molecule has 6 unspecified atom stereocenters. The molecule has 0 saturated heterocycles. The van der Waals surface area contributed by atoms with E-state index >= 15 is 0 Å². The summed E-state index contributed by atoms with van der Waals surface area (Å²) >= 11 is 0. The third-order valence-electron chi connectivity index (χ3n) is 20.2. The van der Waals surface area contributed by atoms with Crippen LogP contribution < -0.4 is 0 Å². The van der Waals surface area contributed by atoms with Crippen LogP contribution in [-0.4, -0.2) is 85.5 Å². The molecular weight excluding hydrogens is 1100 g/mol. The minimum Gasteiger partial charge on any atom is -0.396 e. The van der Waals surface area contributed by atoms with E-state index in [-0.39, 0.29) is 38.3 Å². The maximum absolute atomic E-state index is 10.8. The van der Waals surface area contributed by atoms with Gasteiger partial charge in [-0.2, -0.15) is 0 Å². The van der Waals surface area contributed by atoms with Gasteiger partial charge in [0.25, 0.3) is 0 Å². The topological polar surface area (TPSA) is 109 Å². The van der Waals surface area contributed by atoms with Crippen LogP contribution in [0.15, 0.2) is 0 Å². The molecule has 0 aliphatic rings. The zero-order chi connectivity index (χ0) is 64.5. The van der Waals surface area contributed by atoms with Gasteiger partial charge in [-0.15, -0.1) is 0 Å². The van der Waals surface area contributed by atoms with E-state index in [9.17, 15) is 20.4 Å². The van der Waals surface area contributed by atoms with Gasteiger partial charge in [0.1, 0.15) is 0 Å². The summed E-state index contributed by atoms with van der Waals surface area (Å²) in [4.78, 5) is 0. The molecule has 0 aliphatic heterocycles. The summed E-state index contributed by atoms with van der Waals surface area (Å²) in [6.45, 7) is 13.4. The van der Waals surface area contributed by atoms with Crippen molar-refractivity contribution in [1.82, 2.24) is 0 Å². The summed E-state index contributed by atoms with van der Waals surface area (Å²) < 4.78 is 18.0. The van der Waals surface area contributed by atoms with Crippen LogP contribution in [0.3, 0.4) is 0 Å². The fraction of sp³-hybridized carbons (Fsp3) is 1.00. The summed E-state index contributed by atoms with van der Waals surface area (Å²) in [5.74, 6) is 0.736. The normalized spacial score (nSPS) is 14.0. The minimum atomic E-state index is -0.586. The molecule has 7 heteroatoms. The Hall–Kier alpha value is -0.280. The third kappa shape index (κ3) is 70.3. The average molecular weight is 1260 g/mol. The van der Waals surface area contributed by atoms with E-state index in [0.29, 0.717) is 24.7 Å². The lowest BCUT2D eigenvalue weighted by Gasteiger charge is -2.24. The Bertz CT molecular complexity index is 1160. The summed E-state index contributed by atoms with van der Waals surface area (Å²) in [6, 6.07) is 0. The Morgan fingerprint density at radius 2 is 0.393 bits per heavy atom. The molecule has 536 valence electrons. The van der Waals surface area contributed by atoms with E-state index in [0.717, 1.165) is 52.1 Å². The number of hydrogen-bond donors (Lipinski definition) is 4. The molecule has 0 aromatic heterocycles. The van der Waals surface area contributed by atoms with Crippen LogP contribution in [0.5, 0.6) is 0 Å². The lowest BCUT2D eigenvalue weighted by Crippen LogP contribution is -2.32. The predicted molar refractivity (Wildman–Crippen MR) is 391 cm³/mol. The zero-order valence-corrected chi connectivity index (χ0v) is 61.4. The summed E-state index contributed by atoms with van der Waals surface area (Å²) in [7, 11) is 0. The first kappa shape index (κ1) is 88.7. The second-order valence-corrected chi connectivity index (χ2v) is 29.6. The van der Waals surface area contributed by atoms with Crippen molar-refractivity contribution >= 4 is 0 Å². The summed E-state index contributed by atoms with van der Waals surface area (Å²) in [5.41, 5.74) is 0. The van der Waals surface area contributed by atoms with Crippen molar-refractivity contribution in [3.63, 3.8) is 0 Å². The number of hydrogen-bond acceptors (Lipinski definition) is 7. The van der Waals surface area contributed by atoms with Crippen molar-refractivity contribution in [2.75, 3.05) is 52.9 Å². The van der Waals surface area contributed by atoms with Gasteiger partial charge in [0.15, 0.2) is 0 Å². The molecule has 0 radical (unpaired) electrons. The Kier molecular flexibility index (Phi) is 76.5. The highest BCUT2D eigenvalue weighted by Crippen LogP contribution is 2.22. The summed E-state index contributed by atoms with van der Waals surface area (Å²) in [5, 5.41) is 41.6. The van der Waals surface area contributed by atoms with Gasteiger partial charge >= 0.3 is 0 Å². The lowest BCUT2D eigenvalue weighted by molar-refractivity contribution is -0.0402. The Morgan fingerprint density at radius 3 is 0.596 bits per heavy atom. The standard InChI is InChI=1S/C82H166O7/c1-5-7-9-11-13-15-17-19-21-27-33-39-45-51-57-63-69-87-73-77(3)65-59-53-47-41-35-29-23-25-31-37-43-49-55-61-67-81(85)79(71-83)75-89-76-80(72-84)82(86)68-62-56-50-44-38-32-26-24-30-36-42-48-54-60-66-78(4)74-88-70-64-58-52-46-40-34-28-22-20-18-16-14-12-10-8-6-2/h77-86H,5-76H2,1-4H3. The SMILES string of the molecule is CCCCCCCCCCCCCCCCCCOCC(C)CCCCCCCCCCCCCCCCC(O)C(CO)COCC(CO)C(O)CCCCCCCCCCCCCCCCC(C)COCCCCCCCCCCCCCCCCCC. The first-order chi connectivity index (χ1) is 43.9. The van der Waals surface area contributed by atoms with Crippen LogP contribution in [0.4, 0.5) is 0 Å². The Balaban J connectivity index is 3.53. The maximum atomic E-state index is 10.8. The van der Waals surface area contributed by atoms with Crippen molar-refractivity contribution in [1.29, 1.82) is 0 Å². The van der Waals surface area contributed by atoms with E-state index in [1.807, 2.05) is 0 Å². The Morgan fingerprint density at radius 1 is 0.213 bits per heavy atom. The molecule has 0 bridgehead atoms. The van der Waals surface area contributed by atoms with Gasteiger partial charge < -0.3 is 34.6 Å². The van der Waals surface area contributed by atoms with E-state index in [1.165, 1.54) is 372 Å². The first-order valence-corrected chi connectivity index (χ1v) is 41.2. The van der Waals surface area contributed by atoms with Gasteiger partial charge in [0, 0.05) is 38.3 Å². The van der Waals surface area contributed by atoms with Gasteiger partial charge in [0.2, 0.25) is 0 Å². The van der Waals surface area contributed by atoms with Crippen molar-refractivity contribution in [2.45, 2.75) is 451 Å². The van der Waals surface area contributed by atoms with Gasteiger partial charge in [-0.05, 0) is 50.4 Å². The fourth-order valence-electron chi connectivity index (χ4n) is 13.6. The molecular formula is C82H166O7. The maximum Gasteiger partial charge on any atom is 0.0612 e. The molecule has 0 aromatic carbocycles. The second kappa shape index (κ2) is 76.7. The largest absolute Gasteiger partial charge is 0.396 e. The molecule has 0 saturated carbocycles. The molecule has 0 heterocycles. The molecule has 89 heavy (non-hydrogen) atoms. The van der Waals surface area contributed by atoms with Crippen LogP contribution in [0.1, 0.15) is 439 Å². The first-order valence-electron chi connectivity index (χ1n) is 41.2. The third-order valence-corrected chi connectivity index (χ3v) is 20.2. The van der Waals surface area contributed by atoms with Crippen LogP contribution in [0, 0.1) is 23.7 Å². The van der Waals surface area contributed by atoms with Gasteiger partial charge in [-0.1, -0.05) is 400 Å².